The molecule has 3 nitrogen and oxygen atoms in total. The van der Waals surface area contributed by atoms with E-state index in [1.807, 2.05) is 27.7 Å². The van der Waals surface area contributed by atoms with Crippen LogP contribution in [0, 0.1) is 11.8 Å². The van der Waals surface area contributed by atoms with Gasteiger partial charge in [-0.05, 0) is 83.8 Å². The fourth-order valence-corrected chi connectivity index (χ4v) is 2.84. The summed E-state index contributed by atoms with van der Waals surface area (Å²) in [5.41, 5.74) is 0. The van der Waals surface area contributed by atoms with Gasteiger partial charge in [-0.2, -0.15) is 0 Å². The Morgan fingerprint density at radius 3 is 1.80 bits per heavy atom. The van der Waals surface area contributed by atoms with Gasteiger partial charge in [0.1, 0.15) is 0 Å². The van der Waals surface area contributed by atoms with Gasteiger partial charge in [0.2, 0.25) is 0 Å². The summed E-state index contributed by atoms with van der Waals surface area (Å²) in [6, 6.07) is 0. The van der Waals surface area contributed by atoms with Crippen LogP contribution in [0.25, 0.3) is 0 Å². The highest BCUT2D eigenvalue weighted by molar-refractivity contribution is 4.74. The minimum absolute atomic E-state index is 0.924. The first kappa shape index (κ1) is 19.9. The quantitative estimate of drug-likeness (QED) is 0.831. The average molecular weight is 286 g/mol. The zero-order chi connectivity index (χ0) is 15.2. The second-order valence-electron chi connectivity index (χ2n) is 5.60. The minimum atomic E-state index is 0.924. The number of hydrogen-bond donors (Lipinski definition) is 2. The molecule has 0 aromatic heterocycles. The second kappa shape index (κ2) is 13.8. The first-order valence-electron chi connectivity index (χ1n) is 8.94. The fourth-order valence-electron chi connectivity index (χ4n) is 2.84. The number of piperidine rings is 2. The van der Waals surface area contributed by atoms with E-state index in [9.17, 15) is 0 Å². The predicted octanol–water partition coefficient (Wildman–Crippen LogP) is 2.97. The molecule has 122 valence electrons. The summed E-state index contributed by atoms with van der Waals surface area (Å²) in [5.74, 6) is 1.85. The molecule has 0 radical (unpaired) electrons. The molecule has 0 bridgehead atoms. The van der Waals surface area contributed by atoms with Gasteiger partial charge in [0, 0.05) is 0 Å². The van der Waals surface area contributed by atoms with Crippen molar-refractivity contribution in [1.82, 2.24) is 15.5 Å². The van der Waals surface area contributed by atoms with Crippen LogP contribution in [0.3, 0.4) is 0 Å². The molecular weight excluding hydrogens is 246 g/mol. The summed E-state index contributed by atoms with van der Waals surface area (Å²) in [4.78, 5) is 2.45. The van der Waals surface area contributed by atoms with Crippen molar-refractivity contribution < 1.29 is 0 Å². The Kier molecular flexibility index (Phi) is 13.8. The van der Waals surface area contributed by atoms with Gasteiger partial charge in [0.25, 0.3) is 0 Å². The van der Waals surface area contributed by atoms with Gasteiger partial charge >= 0.3 is 0 Å². The topological polar surface area (TPSA) is 27.3 Å². The molecule has 20 heavy (non-hydrogen) atoms. The Morgan fingerprint density at radius 2 is 1.30 bits per heavy atom. The molecule has 2 N–H and O–H groups in total. The smallest absolute Gasteiger partial charge is 0.00187 e. The van der Waals surface area contributed by atoms with E-state index < -0.39 is 0 Å². The highest BCUT2D eigenvalue weighted by Gasteiger charge is 2.17. The lowest BCUT2D eigenvalue weighted by Gasteiger charge is -2.30. The summed E-state index contributed by atoms with van der Waals surface area (Å²) in [6.45, 7) is 15.5. The van der Waals surface area contributed by atoms with Gasteiger partial charge in [-0.25, -0.2) is 0 Å². The molecule has 2 fully saturated rings. The molecule has 0 aromatic carbocycles. The van der Waals surface area contributed by atoms with Gasteiger partial charge in [-0.3, -0.25) is 0 Å². The number of nitrogens with one attached hydrogen (secondary N) is 2. The average Bonchev–Trinajstić information content (AvgIpc) is 2.54. The van der Waals surface area contributed by atoms with Gasteiger partial charge in [-0.1, -0.05) is 27.7 Å². The largest absolute Gasteiger partial charge is 0.317 e. The molecule has 0 aromatic rings. The van der Waals surface area contributed by atoms with E-state index in [4.69, 9.17) is 0 Å². The van der Waals surface area contributed by atoms with Crippen LogP contribution < -0.4 is 10.6 Å². The summed E-state index contributed by atoms with van der Waals surface area (Å²) in [6.07, 6.45) is 5.49. The molecule has 2 aliphatic rings. The Hall–Kier alpha value is -0.120. The van der Waals surface area contributed by atoms with Crippen molar-refractivity contribution in [3.63, 3.8) is 0 Å². The molecule has 2 saturated heterocycles. The summed E-state index contributed by atoms with van der Waals surface area (Å²) in [7, 11) is 2.23. The van der Waals surface area contributed by atoms with Gasteiger partial charge in [-0.15, -0.1) is 0 Å². The van der Waals surface area contributed by atoms with Gasteiger partial charge in [0.15, 0.2) is 0 Å². The van der Waals surface area contributed by atoms with Crippen molar-refractivity contribution in [2.24, 2.45) is 11.8 Å². The number of likely N-dealkylation sites (tertiary alicyclic amines) is 1. The second-order valence-corrected chi connectivity index (χ2v) is 5.60. The van der Waals surface area contributed by atoms with E-state index >= 15 is 0 Å². The molecule has 2 heterocycles. The SMILES string of the molecule is CC.CC.CN1CCC(CNCC2CCNCC2)CC1. The summed E-state index contributed by atoms with van der Waals surface area (Å²) >= 11 is 0. The Bertz CT molecular complexity index is 183. The van der Waals surface area contributed by atoms with Gasteiger partial charge < -0.3 is 15.5 Å². The first-order valence-corrected chi connectivity index (χ1v) is 8.94. The maximum atomic E-state index is 3.69. The van der Waals surface area contributed by atoms with Crippen LogP contribution in [0.5, 0.6) is 0 Å². The van der Waals surface area contributed by atoms with E-state index in [1.54, 1.807) is 0 Å². The Labute approximate surface area is 127 Å². The highest BCUT2D eigenvalue weighted by Crippen LogP contribution is 2.15. The van der Waals surface area contributed by atoms with Crippen molar-refractivity contribution in [2.45, 2.75) is 53.4 Å². The van der Waals surface area contributed by atoms with Crippen molar-refractivity contribution in [3.05, 3.63) is 0 Å². The van der Waals surface area contributed by atoms with E-state index in [0.29, 0.717) is 0 Å². The third-order valence-electron chi connectivity index (χ3n) is 4.16. The third-order valence-corrected chi connectivity index (χ3v) is 4.16. The Morgan fingerprint density at radius 1 is 0.850 bits per heavy atom. The van der Waals surface area contributed by atoms with Crippen molar-refractivity contribution >= 4 is 0 Å². The lowest BCUT2D eigenvalue weighted by Crippen LogP contribution is -2.38. The van der Waals surface area contributed by atoms with Gasteiger partial charge in [0.05, 0.1) is 0 Å². The zero-order valence-electron chi connectivity index (χ0n) is 14.7. The zero-order valence-corrected chi connectivity index (χ0v) is 14.7. The first-order chi connectivity index (χ1) is 9.84. The Balaban J connectivity index is 0.000000829. The summed E-state index contributed by atoms with van der Waals surface area (Å²) < 4.78 is 0. The lowest BCUT2D eigenvalue weighted by molar-refractivity contribution is 0.213. The molecular formula is C17H39N3. The molecule has 0 aliphatic carbocycles. The van der Waals surface area contributed by atoms with E-state index in [0.717, 1.165) is 11.8 Å². The van der Waals surface area contributed by atoms with Crippen LogP contribution in [0.4, 0.5) is 0 Å². The van der Waals surface area contributed by atoms with Crippen LogP contribution in [0.2, 0.25) is 0 Å². The number of nitrogens with zero attached hydrogens (tertiary/aromatic N) is 1. The highest BCUT2D eigenvalue weighted by atomic mass is 15.1. The molecule has 0 saturated carbocycles. The molecule has 2 rings (SSSR count). The number of hydrogen-bond acceptors (Lipinski definition) is 3. The molecule has 0 spiro atoms. The molecule has 3 heteroatoms. The minimum Gasteiger partial charge on any atom is -0.317 e. The fraction of sp³-hybridized carbons (Fsp3) is 1.00. The van der Waals surface area contributed by atoms with E-state index in [-0.39, 0.29) is 0 Å². The summed E-state index contributed by atoms with van der Waals surface area (Å²) in [5, 5.41) is 7.12. The lowest BCUT2D eigenvalue weighted by atomic mass is 9.95. The number of rotatable bonds is 4. The molecule has 2 aliphatic heterocycles. The molecule has 0 amide bonds. The molecule has 0 atom stereocenters. The maximum Gasteiger partial charge on any atom is -0.00187 e. The van der Waals surface area contributed by atoms with Crippen LogP contribution >= 0.6 is 0 Å². The van der Waals surface area contributed by atoms with E-state index in [2.05, 4.69) is 22.6 Å². The van der Waals surface area contributed by atoms with Crippen LogP contribution in [0.1, 0.15) is 53.4 Å². The van der Waals surface area contributed by atoms with Crippen LogP contribution in [0.15, 0.2) is 0 Å². The molecule has 0 unspecified atom stereocenters. The maximum absolute atomic E-state index is 3.69. The van der Waals surface area contributed by atoms with Crippen LogP contribution in [-0.2, 0) is 0 Å². The standard InChI is InChI=1S/C13H27N3.2C2H6/c1-16-8-4-13(5-9-16)11-15-10-12-2-6-14-7-3-12;2*1-2/h12-15H,2-11H2,1H3;2*1-2H3. The van der Waals surface area contributed by atoms with Crippen molar-refractivity contribution in [2.75, 3.05) is 46.3 Å². The predicted molar refractivity (Wildman–Crippen MR) is 91.4 cm³/mol. The van der Waals surface area contributed by atoms with Crippen molar-refractivity contribution in [3.8, 4) is 0 Å². The normalized spacial score (nSPS) is 21.4. The monoisotopic (exact) mass is 285 g/mol. The van der Waals surface area contributed by atoms with E-state index in [1.165, 1.54) is 65.0 Å². The third kappa shape index (κ3) is 8.93. The van der Waals surface area contributed by atoms with Crippen LogP contribution in [-0.4, -0.2) is 51.2 Å². The van der Waals surface area contributed by atoms with Crippen molar-refractivity contribution in [1.29, 1.82) is 0 Å².